The first-order valence-electron chi connectivity index (χ1n) is 7.23. The first-order chi connectivity index (χ1) is 10.6. The molecule has 6 nitrogen and oxygen atoms in total. The number of hydrogen-bond donors (Lipinski definition) is 3. The van der Waals surface area contributed by atoms with Crippen LogP contribution in [0.2, 0.25) is 0 Å². The van der Waals surface area contributed by atoms with Crippen LogP contribution in [-0.4, -0.2) is 20.4 Å². The number of hydrogen-bond acceptors (Lipinski definition) is 2. The highest BCUT2D eigenvalue weighted by molar-refractivity contribution is 5.93. The third-order valence-electron chi connectivity index (χ3n) is 3.94. The van der Waals surface area contributed by atoms with Crippen LogP contribution in [0.5, 0.6) is 0 Å². The first-order valence-corrected chi connectivity index (χ1v) is 7.23. The molecule has 22 heavy (non-hydrogen) atoms. The minimum atomic E-state index is -0.301. The lowest BCUT2D eigenvalue weighted by molar-refractivity contribution is 0.0927. The Hall–Kier alpha value is -2.76. The van der Waals surface area contributed by atoms with Crippen molar-refractivity contribution in [2.45, 2.75) is 19.4 Å². The molecule has 0 saturated heterocycles. The van der Waals surface area contributed by atoms with E-state index in [4.69, 9.17) is 0 Å². The van der Waals surface area contributed by atoms with Gasteiger partial charge in [-0.2, -0.15) is 0 Å². The number of imidazole rings is 1. The predicted molar refractivity (Wildman–Crippen MR) is 84.8 cm³/mol. The van der Waals surface area contributed by atoms with Gasteiger partial charge in [-0.05, 0) is 23.4 Å². The number of rotatable bonds is 4. The largest absolute Gasteiger partial charge is 0.361 e. The third kappa shape index (κ3) is 2.32. The second-order valence-electron chi connectivity index (χ2n) is 5.26. The van der Waals surface area contributed by atoms with E-state index < -0.39 is 0 Å². The Balaban J connectivity index is 1.92. The summed E-state index contributed by atoms with van der Waals surface area (Å²) in [7, 11) is 1.57. The molecule has 0 bridgehead atoms. The van der Waals surface area contributed by atoms with Crippen molar-refractivity contribution in [1.29, 1.82) is 0 Å². The number of fused-ring (bicyclic) bond motifs is 1. The summed E-state index contributed by atoms with van der Waals surface area (Å²) < 4.78 is 1.30. The van der Waals surface area contributed by atoms with Gasteiger partial charge in [-0.1, -0.05) is 25.1 Å². The number of aromatic nitrogens is 3. The molecule has 6 heteroatoms. The SMILES string of the molecule is CCC(NC(=O)c1c[nH]c(=O)n1C)c1cccc2cc[nH]c12. The van der Waals surface area contributed by atoms with Gasteiger partial charge in [0.15, 0.2) is 0 Å². The summed E-state index contributed by atoms with van der Waals surface area (Å²) in [6.45, 7) is 2.02. The van der Waals surface area contributed by atoms with Crippen molar-refractivity contribution in [3.05, 3.63) is 58.4 Å². The molecule has 3 rings (SSSR count). The molecule has 0 aliphatic carbocycles. The molecule has 3 aromatic rings. The van der Waals surface area contributed by atoms with Gasteiger partial charge in [0.2, 0.25) is 0 Å². The van der Waals surface area contributed by atoms with Crippen molar-refractivity contribution in [3.63, 3.8) is 0 Å². The summed E-state index contributed by atoms with van der Waals surface area (Å²) in [6.07, 6.45) is 4.07. The topological polar surface area (TPSA) is 82.7 Å². The van der Waals surface area contributed by atoms with Gasteiger partial charge in [-0.3, -0.25) is 9.36 Å². The van der Waals surface area contributed by atoms with Gasteiger partial charge in [0.05, 0.1) is 11.6 Å². The number of nitrogens with one attached hydrogen (secondary N) is 3. The van der Waals surface area contributed by atoms with Crippen LogP contribution in [0.25, 0.3) is 10.9 Å². The van der Waals surface area contributed by atoms with Crippen LogP contribution in [0.15, 0.2) is 41.5 Å². The zero-order valence-electron chi connectivity index (χ0n) is 12.5. The third-order valence-corrected chi connectivity index (χ3v) is 3.94. The highest BCUT2D eigenvalue weighted by Gasteiger charge is 2.19. The molecule has 1 amide bonds. The average molecular weight is 298 g/mol. The molecule has 3 N–H and O–H groups in total. The van der Waals surface area contributed by atoms with Gasteiger partial charge in [0, 0.05) is 19.4 Å². The van der Waals surface area contributed by atoms with E-state index in [1.165, 1.54) is 10.8 Å². The summed E-state index contributed by atoms with van der Waals surface area (Å²) in [5.41, 5.74) is 2.09. The van der Waals surface area contributed by atoms with E-state index in [2.05, 4.69) is 15.3 Å². The standard InChI is InChI=1S/C16H18N4O2/c1-3-12(11-6-4-5-10-7-8-17-14(10)11)19-15(21)13-9-18-16(22)20(13)2/h4-9,12,17H,3H2,1-2H3,(H,18,22)(H,19,21). The molecule has 114 valence electrons. The van der Waals surface area contributed by atoms with Crippen molar-refractivity contribution in [2.24, 2.45) is 7.05 Å². The second-order valence-corrected chi connectivity index (χ2v) is 5.26. The average Bonchev–Trinajstić information content (AvgIpc) is 3.12. The zero-order chi connectivity index (χ0) is 15.7. The number of carbonyl (C=O) groups is 1. The molecule has 0 fully saturated rings. The Labute approximate surface area is 127 Å². The van der Waals surface area contributed by atoms with Crippen molar-refractivity contribution >= 4 is 16.8 Å². The molecule has 0 aliphatic rings. The molecule has 0 aliphatic heterocycles. The Kier molecular flexibility index (Phi) is 3.58. The molecule has 1 aromatic carbocycles. The molecule has 1 atom stereocenters. The fourth-order valence-electron chi connectivity index (χ4n) is 2.68. The Morgan fingerprint density at radius 1 is 1.32 bits per heavy atom. The maximum absolute atomic E-state index is 12.4. The number of benzene rings is 1. The molecular formula is C16H18N4O2. The van der Waals surface area contributed by atoms with E-state index in [-0.39, 0.29) is 17.6 Å². The summed E-state index contributed by atoms with van der Waals surface area (Å²) in [5, 5.41) is 4.11. The summed E-state index contributed by atoms with van der Waals surface area (Å²) >= 11 is 0. The number of carbonyl (C=O) groups excluding carboxylic acids is 1. The Morgan fingerprint density at radius 2 is 2.14 bits per heavy atom. The monoisotopic (exact) mass is 298 g/mol. The quantitative estimate of drug-likeness (QED) is 0.689. The zero-order valence-corrected chi connectivity index (χ0v) is 12.5. The fraction of sp³-hybridized carbons (Fsp3) is 0.250. The second kappa shape index (κ2) is 5.55. The van der Waals surface area contributed by atoms with Crippen molar-refractivity contribution in [3.8, 4) is 0 Å². The molecule has 1 unspecified atom stereocenters. The molecule has 2 aromatic heterocycles. The van der Waals surface area contributed by atoms with Gasteiger partial charge in [0.1, 0.15) is 5.69 Å². The minimum Gasteiger partial charge on any atom is -0.361 e. The Bertz CT molecular complexity index is 872. The molecule has 0 spiro atoms. The van der Waals surface area contributed by atoms with Crippen LogP contribution in [0.1, 0.15) is 35.4 Å². The highest BCUT2D eigenvalue weighted by Crippen LogP contribution is 2.25. The van der Waals surface area contributed by atoms with Crippen LogP contribution in [0.3, 0.4) is 0 Å². The van der Waals surface area contributed by atoms with Crippen LogP contribution in [-0.2, 0) is 7.05 Å². The predicted octanol–water partition coefficient (Wildman–Crippen LogP) is 2.08. The summed E-state index contributed by atoms with van der Waals surface area (Å²) in [4.78, 5) is 29.6. The number of H-pyrrole nitrogens is 2. The maximum Gasteiger partial charge on any atom is 0.325 e. The molecule has 0 saturated carbocycles. The van der Waals surface area contributed by atoms with Crippen molar-refractivity contribution < 1.29 is 4.79 Å². The molecule has 2 heterocycles. The summed E-state index contributed by atoms with van der Waals surface area (Å²) in [6, 6.07) is 7.89. The van der Waals surface area contributed by atoms with Crippen LogP contribution < -0.4 is 11.0 Å². The van der Waals surface area contributed by atoms with Gasteiger partial charge in [-0.25, -0.2) is 4.79 Å². The summed E-state index contributed by atoms with van der Waals surface area (Å²) in [5.74, 6) is -0.267. The van der Waals surface area contributed by atoms with Crippen molar-refractivity contribution in [2.75, 3.05) is 0 Å². The van der Waals surface area contributed by atoms with E-state index in [1.54, 1.807) is 7.05 Å². The van der Waals surface area contributed by atoms with E-state index >= 15 is 0 Å². The van der Waals surface area contributed by atoms with E-state index in [0.717, 1.165) is 22.9 Å². The molecule has 0 radical (unpaired) electrons. The van der Waals surface area contributed by atoms with Crippen molar-refractivity contribution in [1.82, 2.24) is 19.9 Å². The first kappa shape index (κ1) is 14.2. The van der Waals surface area contributed by atoms with Gasteiger partial charge in [-0.15, -0.1) is 0 Å². The van der Waals surface area contributed by atoms with Crippen LogP contribution in [0, 0.1) is 0 Å². The number of amides is 1. The van der Waals surface area contributed by atoms with Gasteiger partial charge < -0.3 is 15.3 Å². The van der Waals surface area contributed by atoms with Gasteiger partial charge >= 0.3 is 5.69 Å². The number of para-hydroxylation sites is 1. The highest BCUT2D eigenvalue weighted by atomic mass is 16.2. The normalized spacial score (nSPS) is 12.5. The fourth-order valence-corrected chi connectivity index (χ4v) is 2.68. The van der Waals surface area contributed by atoms with Crippen LogP contribution in [0.4, 0.5) is 0 Å². The number of aromatic amines is 2. The smallest absolute Gasteiger partial charge is 0.325 e. The lowest BCUT2D eigenvalue weighted by atomic mass is 10.0. The maximum atomic E-state index is 12.4. The number of nitrogens with zero attached hydrogens (tertiary/aromatic N) is 1. The van der Waals surface area contributed by atoms with E-state index in [1.807, 2.05) is 37.4 Å². The Morgan fingerprint density at radius 3 is 2.82 bits per heavy atom. The lowest BCUT2D eigenvalue weighted by Gasteiger charge is -2.18. The lowest BCUT2D eigenvalue weighted by Crippen LogP contribution is -2.31. The van der Waals surface area contributed by atoms with E-state index in [0.29, 0.717) is 5.69 Å². The van der Waals surface area contributed by atoms with E-state index in [9.17, 15) is 9.59 Å². The van der Waals surface area contributed by atoms with Gasteiger partial charge in [0.25, 0.3) is 5.91 Å². The van der Waals surface area contributed by atoms with Crippen LogP contribution >= 0.6 is 0 Å². The molecular weight excluding hydrogens is 280 g/mol. The minimum absolute atomic E-state index is 0.125.